The second-order valence-electron chi connectivity index (χ2n) is 5.29. The maximum atomic E-state index is 13.2. The fourth-order valence-electron chi connectivity index (χ4n) is 2.20. The van der Waals surface area contributed by atoms with Gasteiger partial charge in [0.15, 0.2) is 0 Å². The first-order valence-electron chi connectivity index (χ1n) is 8.00. The van der Waals surface area contributed by atoms with E-state index in [4.69, 9.17) is 4.74 Å². The molecule has 0 bridgehead atoms. The normalized spacial score (nSPS) is 10.1. The molecule has 132 valence electrons. The van der Waals surface area contributed by atoms with E-state index < -0.39 is 0 Å². The van der Waals surface area contributed by atoms with E-state index in [1.165, 1.54) is 12.1 Å². The zero-order chi connectivity index (χ0) is 18.1. The standard InChI is InChI=1S/C16H13FN2O.C3H9NS/c1-20-13-5-6-14-15(7-8-18-16(14)10-13)19-12-4-2-3-11(17)9-12;1-2-3-4-5/h2-10H,1H3,(H,18,19);4-5H,2-3H2,1H3. The number of benzene rings is 2. The highest BCUT2D eigenvalue weighted by atomic mass is 32.1. The highest BCUT2D eigenvalue weighted by Gasteiger charge is 2.04. The molecule has 25 heavy (non-hydrogen) atoms. The van der Waals surface area contributed by atoms with Gasteiger partial charge in [-0.1, -0.05) is 25.8 Å². The van der Waals surface area contributed by atoms with Gasteiger partial charge in [0.1, 0.15) is 11.6 Å². The van der Waals surface area contributed by atoms with Crippen molar-refractivity contribution in [2.24, 2.45) is 0 Å². The number of hydrogen-bond donors (Lipinski definition) is 3. The Morgan fingerprint density at radius 3 is 2.64 bits per heavy atom. The first-order chi connectivity index (χ1) is 12.2. The number of ether oxygens (including phenoxy) is 1. The zero-order valence-electron chi connectivity index (χ0n) is 14.3. The van der Waals surface area contributed by atoms with Crippen LogP contribution in [0.1, 0.15) is 13.3 Å². The van der Waals surface area contributed by atoms with Gasteiger partial charge >= 0.3 is 0 Å². The summed E-state index contributed by atoms with van der Waals surface area (Å²) in [5, 5.41) is 4.16. The van der Waals surface area contributed by atoms with Crippen molar-refractivity contribution in [2.75, 3.05) is 19.0 Å². The number of fused-ring (bicyclic) bond motifs is 1. The van der Waals surface area contributed by atoms with Crippen molar-refractivity contribution in [1.82, 2.24) is 9.71 Å². The Kier molecular flexibility index (Phi) is 7.50. The van der Waals surface area contributed by atoms with E-state index in [-0.39, 0.29) is 5.82 Å². The third kappa shape index (κ3) is 5.62. The molecule has 6 heteroatoms. The molecule has 0 unspecified atom stereocenters. The average molecular weight is 359 g/mol. The summed E-state index contributed by atoms with van der Waals surface area (Å²) in [6.45, 7) is 3.10. The lowest BCUT2D eigenvalue weighted by atomic mass is 10.1. The van der Waals surface area contributed by atoms with Gasteiger partial charge in [-0.3, -0.25) is 9.71 Å². The molecular formula is C19H22FN3OS. The monoisotopic (exact) mass is 359 g/mol. The van der Waals surface area contributed by atoms with E-state index in [1.807, 2.05) is 30.3 Å². The molecule has 1 aromatic heterocycles. The molecule has 0 saturated heterocycles. The minimum absolute atomic E-state index is 0.268. The maximum absolute atomic E-state index is 13.2. The van der Waals surface area contributed by atoms with E-state index in [0.29, 0.717) is 5.69 Å². The molecular weight excluding hydrogens is 337 g/mol. The molecule has 4 nitrogen and oxygen atoms in total. The van der Waals surface area contributed by atoms with Crippen LogP contribution in [-0.2, 0) is 0 Å². The van der Waals surface area contributed by atoms with Gasteiger partial charge < -0.3 is 10.1 Å². The van der Waals surface area contributed by atoms with Crippen LogP contribution < -0.4 is 14.8 Å². The molecule has 0 aliphatic heterocycles. The van der Waals surface area contributed by atoms with Gasteiger partial charge in [-0.2, -0.15) is 0 Å². The molecule has 0 aliphatic rings. The summed E-state index contributed by atoms with van der Waals surface area (Å²) in [5.74, 6) is 0.489. The first-order valence-corrected chi connectivity index (χ1v) is 8.45. The van der Waals surface area contributed by atoms with Gasteiger partial charge in [-0.25, -0.2) is 4.39 Å². The number of pyridine rings is 1. The van der Waals surface area contributed by atoms with Crippen LogP contribution in [0.5, 0.6) is 5.75 Å². The van der Waals surface area contributed by atoms with Crippen LogP contribution in [0, 0.1) is 5.82 Å². The third-order valence-corrected chi connectivity index (χ3v) is 3.64. The third-order valence-electron chi connectivity index (χ3n) is 3.42. The summed E-state index contributed by atoms with van der Waals surface area (Å²) in [4.78, 5) is 4.32. The lowest BCUT2D eigenvalue weighted by Gasteiger charge is -2.10. The lowest BCUT2D eigenvalue weighted by Crippen LogP contribution is -1.96. The number of rotatable bonds is 5. The van der Waals surface area contributed by atoms with E-state index in [1.54, 1.807) is 19.4 Å². The molecule has 0 spiro atoms. The summed E-state index contributed by atoms with van der Waals surface area (Å²) in [6, 6.07) is 13.9. The maximum Gasteiger partial charge on any atom is 0.125 e. The highest BCUT2D eigenvalue weighted by Crippen LogP contribution is 2.27. The second-order valence-corrected chi connectivity index (χ2v) is 5.60. The van der Waals surface area contributed by atoms with E-state index in [2.05, 4.69) is 34.8 Å². The van der Waals surface area contributed by atoms with Crippen LogP contribution in [0.3, 0.4) is 0 Å². The van der Waals surface area contributed by atoms with E-state index in [9.17, 15) is 4.39 Å². The summed E-state index contributed by atoms with van der Waals surface area (Å²) in [7, 11) is 1.62. The van der Waals surface area contributed by atoms with Crippen molar-refractivity contribution in [3.8, 4) is 5.75 Å². The van der Waals surface area contributed by atoms with Crippen LogP contribution in [-0.4, -0.2) is 18.6 Å². The summed E-state index contributed by atoms with van der Waals surface area (Å²) in [5.41, 5.74) is 2.40. The van der Waals surface area contributed by atoms with Gasteiger partial charge in [-0.15, -0.1) is 0 Å². The minimum atomic E-state index is -0.268. The number of thiol groups is 1. The predicted octanol–water partition coefficient (Wildman–Crippen LogP) is 4.96. The molecule has 0 atom stereocenters. The largest absolute Gasteiger partial charge is 0.497 e. The lowest BCUT2D eigenvalue weighted by molar-refractivity contribution is 0.415. The fourth-order valence-corrected chi connectivity index (χ4v) is 2.42. The molecule has 0 aliphatic carbocycles. The molecule has 0 amide bonds. The van der Waals surface area contributed by atoms with Crippen molar-refractivity contribution in [3.63, 3.8) is 0 Å². The van der Waals surface area contributed by atoms with Crippen molar-refractivity contribution < 1.29 is 9.13 Å². The molecule has 2 aromatic carbocycles. The van der Waals surface area contributed by atoms with Gasteiger partial charge in [-0.05, 0) is 42.8 Å². The molecule has 3 aromatic rings. The van der Waals surface area contributed by atoms with Gasteiger partial charge in [0, 0.05) is 35.6 Å². The van der Waals surface area contributed by atoms with Crippen LogP contribution in [0.2, 0.25) is 0 Å². The van der Waals surface area contributed by atoms with E-state index in [0.717, 1.165) is 35.3 Å². The number of hydrogen-bond acceptors (Lipinski definition) is 5. The SMILES string of the molecule is CCCNS.COc1ccc2c(Nc3cccc(F)c3)ccnc2c1. The smallest absolute Gasteiger partial charge is 0.125 e. The van der Waals surface area contributed by atoms with Crippen molar-refractivity contribution in [2.45, 2.75) is 13.3 Å². The Balaban J connectivity index is 0.000000399. The Morgan fingerprint density at radius 2 is 2.00 bits per heavy atom. The number of nitrogens with zero attached hydrogens (tertiary/aromatic N) is 1. The molecule has 0 radical (unpaired) electrons. The Morgan fingerprint density at radius 1 is 1.16 bits per heavy atom. The van der Waals surface area contributed by atoms with Crippen molar-refractivity contribution in [1.29, 1.82) is 0 Å². The quantitative estimate of drug-likeness (QED) is 0.564. The Bertz CT molecular complexity index is 812. The molecule has 3 rings (SSSR count). The predicted molar refractivity (Wildman–Crippen MR) is 105 cm³/mol. The summed E-state index contributed by atoms with van der Waals surface area (Å²) >= 11 is 3.75. The van der Waals surface area contributed by atoms with Crippen LogP contribution in [0.15, 0.2) is 54.7 Å². The Labute approximate surface area is 153 Å². The van der Waals surface area contributed by atoms with Gasteiger partial charge in [0.2, 0.25) is 0 Å². The zero-order valence-corrected chi connectivity index (χ0v) is 15.2. The topological polar surface area (TPSA) is 46.2 Å². The molecule has 0 saturated carbocycles. The number of halogens is 1. The van der Waals surface area contributed by atoms with Crippen LogP contribution in [0.4, 0.5) is 15.8 Å². The number of aromatic nitrogens is 1. The van der Waals surface area contributed by atoms with Crippen molar-refractivity contribution >= 4 is 35.1 Å². The molecule has 1 heterocycles. The minimum Gasteiger partial charge on any atom is -0.497 e. The number of methoxy groups -OCH3 is 1. The first kappa shape index (κ1) is 19.0. The average Bonchev–Trinajstić information content (AvgIpc) is 2.63. The number of anilines is 2. The van der Waals surface area contributed by atoms with Crippen LogP contribution in [0.25, 0.3) is 10.9 Å². The number of nitrogens with one attached hydrogen (secondary N) is 2. The molecule has 2 N–H and O–H groups in total. The fraction of sp³-hybridized carbons (Fsp3) is 0.211. The molecule has 0 fully saturated rings. The Hall–Kier alpha value is -2.31. The van der Waals surface area contributed by atoms with Crippen molar-refractivity contribution in [3.05, 3.63) is 60.5 Å². The highest BCUT2D eigenvalue weighted by molar-refractivity contribution is 7.78. The second kappa shape index (κ2) is 9.86. The summed E-state index contributed by atoms with van der Waals surface area (Å²) in [6.07, 6.45) is 2.87. The van der Waals surface area contributed by atoms with Gasteiger partial charge in [0.25, 0.3) is 0 Å². The van der Waals surface area contributed by atoms with E-state index >= 15 is 0 Å². The van der Waals surface area contributed by atoms with Crippen LogP contribution >= 0.6 is 12.8 Å². The summed E-state index contributed by atoms with van der Waals surface area (Å²) < 4.78 is 21.1. The van der Waals surface area contributed by atoms with Gasteiger partial charge in [0.05, 0.1) is 12.6 Å².